The van der Waals surface area contributed by atoms with Gasteiger partial charge in [-0.25, -0.2) is 0 Å². The summed E-state index contributed by atoms with van der Waals surface area (Å²) in [5.41, 5.74) is 1.46. The highest BCUT2D eigenvalue weighted by Crippen LogP contribution is 2.39. The number of hydrogen-bond acceptors (Lipinski definition) is 4. The number of Topliss-reactive ketones (excluding diaryl/α,β-unsaturated/α-hetero) is 1. The molecule has 6 heteroatoms. The molecule has 0 saturated carbocycles. The number of carbonyl (C=O) groups is 2. The van der Waals surface area contributed by atoms with E-state index in [9.17, 15) is 14.7 Å². The lowest BCUT2D eigenvalue weighted by molar-refractivity contribution is -0.139. The van der Waals surface area contributed by atoms with Crippen LogP contribution < -0.4 is 0 Å². The summed E-state index contributed by atoms with van der Waals surface area (Å²) >= 11 is 3.37. The molecule has 2 aromatic carbocycles. The summed E-state index contributed by atoms with van der Waals surface area (Å²) in [4.78, 5) is 29.2. The average molecular weight is 443 g/mol. The minimum Gasteiger partial charge on any atom is -0.507 e. The van der Waals surface area contributed by atoms with Gasteiger partial charge in [0.2, 0.25) is 0 Å². The van der Waals surface area contributed by atoms with Gasteiger partial charge in [0.05, 0.1) is 11.6 Å². The maximum absolute atomic E-state index is 12.8. The van der Waals surface area contributed by atoms with E-state index in [1.165, 1.54) is 0 Å². The first-order chi connectivity index (χ1) is 13.4. The number of aliphatic hydroxyl groups is 1. The van der Waals surface area contributed by atoms with E-state index < -0.39 is 17.7 Å². The van der Waals surface area contributed by atoms with Crippen molar-refractivity contribution in [2.75, 3.05) is 27.2 Å². The van der Waals surface area contributed by atoms with Gasteiger partial charge >= 0.3 is 0 Å². The summed E-state index contributed by atoms with van der Waals surface area (Å²) < 4.78 is 0.868. The Labute approximate surface area is 173 Å². The van der Waals surface area contributed by atoms with E-state index in [-0.39, 0.29) is 11.3 Å². The third kappa shape index (κ3) is 4.18. The van der Waals surface area contributed by atoms with E-state index in [0.29, 0.717) is 12.1 Å². The van der Waals surface area contributed by atoms with Crippen LogP contribution in [0.1, 0.15) is 23.6 Å². The van der Waals surface area contributed by atoms with Gasteiger partial charge in [0.25, 0.3) is 11.7 Å². The lowest BCUT2D eigenvalue weighted by Gasteiger charge is -2.26. The van der Waals surface area contributed by atoms with Crippen molar-refractivity contribution in [3.63, 3.8) is 0 Å². The zero-order valence-corrected chi connectivity index (χ0v) is 17.5. The smallest absolute Gasteiger partial charge is 0.295 e. The molecule has 0 aliphatic carbocycles. The fourth-order valence-corrected chi connectivity index (χ4v) is 3.68. The van der Waals surface area contributed by atoms with Crippen molar-refractivity contribution in [2.45, 2.75) is 12.5 Å². The van der Waals surface area contributed by atoms with Crippen LogP contribution in [0.15, 0.2) is 64.6 Å². The largest absolute Gasteiger partial charge is 0.507 e. The Kier molecular flexibility index (Phi) is 6.31. The maximum atomic E-state index is 12.8. The van der Waals surface area contributed by atoms with E-state index in [1.54, 1.807) is 29.2 Å². The summed E-state index contributed by atoms with van der Waals surface area (Å²) in [6, 6.07) is 15.8. The molecule has 0 bridgehead atoms. The zero-order chi connectivity index (χ0) is 20.3. The monoisotopic (exact) mass is 442 g/mol. The van der Waals surface area contributed by atoms with Gasteiger partial charge in [-0.3, -0.25) is 9.59 Å². The fraction of sp³-hybridized carbons (Fsp3) is 0.273. The van der Waals surface area contributed by atoms with Crippen LogP contribution in [0.4, 0.5) is 0 Å². The van der Waals surface area contributed by atoms with Crippen molar-refractivity contribution in [3.05, 3.63) is 75.8 Å². The van der Waals surface area contributed by atoms with E-state index in [4.69, 9.17) is 0 Å². The van der Waals surface area contributed by atoms with Crippen LogP contribution in [0, 0.1) is 0 Å². The van der Waals surface area contributed by atoms with Crippen LogP contribution >= 0.6 is 15.9 Å². The topological polar surface area (TPSA) is 60.9 Å². The van der Waals surface area contributed by atoms with Gasteiger partial charge in [0, 0.05) is 16.6 Å². The van der Waals surface area contributed by atoms with E-state index in [1.807, 2.05) is 49.3 Å². The second-order valence-electron chi connectivity index (χ2n) is 7.07. The van der Waals surface area contributed by atoms with Crippen LogP contribution in [0.25, 0.3) is 5.76 Å². The summed E-state index contributed by atoms with van der Waals surface area (Å²) in [6.07, 6.45) is 0.738. The molecule has 1 aliphatic rings. The summed E-state index contributed by atoms with van der Waals surface area (Å²) in [6.45, 7) is 1.25. The quantitative estimate of drug-likeness (QED) is 0.419. The molecule has 1 amide bonds. The van der Waals surface area contributed by atoms with Gasteiger partial charge < -0.3 is 14.9 Å². The summed E-state index contributed by atoms with van der Waals surface area (Å²) in [7, 11) is 3.94. The number of carbonyl (C=O) groups excluding carboxylic acids is 2. The number of aliphatic hydroxyl groups excluding tert-OH is 1. The van der Waals surface area contributed by atoms with Crippen LogP contribution in [0.3, 0.4) is 0 Å². The Morgan fingerprint density at radius 1 is 1.07 bits per heavy atom. The number of rotatable bonds is 6. The van der Waals surface area contributed by atoms with Gasteiger partial charge in [-0.15, -0.1) is 0 Å². The van der Waals surface area contributed by atoms with Crippen molar-refractivity contribution in [2.24, 2.45) is 0 Å². The van der Waals surface area contributed by atoms with Crippen LogP contribution in [-0.4, -0.2) is 53.8 Å². The number of amides is 1. The molecule has 1 atom stereocenters. The van der Waals surface area contributed by atoms with E-state index in [2.05, 4.69) is 15.9 Å². The second kappa shape index (κ2) is 8.71. The summed E-state index contributed by atoms with van der Waals surface area (Å²) in [5.74, 6) is -1.35. The third-order valence-corrected chi connectivity index (χ3v) is 5.31. The van der Waals surface area contributed by atoms with Gasteiger partial charge in [0.1, 0.15) is 5.76 Å². The number of benzene rings is 2. The van der Waals surface area contributed by atoms with Crippen molar-refractivity contribution >= 4 is 33.4 Å². The molecule has 0 spiro atoms. The third-order valence-electron chi connectivity index (χ3n) is 4.78. The predicted octanol–water partition coefficient (Wildman–Crippen LogP) is 3.82. The molecule has 146 valence electrons. The minimum absolute atomic E-state index is 0.142. The van der Waals surface area contributed by atoms with Gasteiger partial charge in [-0.05, 0) is 44.8 Å². The van der Waals surface area contributed by atoms with Crippen molar-refractivity contribution in [1.82, 2.24) is 9.80 Å². The van der Waals surface area contributed by atoms with Gasteiger partial charge in [-0.1, -0.05) is 58.4 Å². The normalized spacial score (nSPS) is 18.9. The first kappa shape index (κ1) is 20.3. The molecule has 3 rings (SSSR count). The first-order valence-corrected chi connectivity index (χ1v) is 9.93. The number of hydrogen-bond donors (Lipinski definition) is 1. The molecular weight excluding hydrogens is 420 g/mol. The van der Waals surface area contributed by atoms with Gasteiger partial charge in [-0.2, -0.15) is 0 Å². The Bertz CT molecular complexity index is 892. The average Bonchev–Trinajstić information content (AvgIpc) is 2.93. The molecule has 0 radical (unpaired) electrons. The van der Waals surface area contributed by atoms with Crippen molar-refractivity contribution in [1.29, 1.82) is 0 Å². The van der Waals surface area contributed by atoms with Crippen LogP contribution in [-0.2, 0) is 9.59 Å². The number of likely N-dealkylation sites (tertiary alicyclic amines) is 1. The van der Waals surface area contributed by atoms with Crippen LogP contribution in [0.5, 0.6) is 0 Å². The Balaban J connectivity index is 2.06. The molecule has 1 heterocycles. The molecule has 28 heavy (non-hydrogen) atoms. The van der Waals surface area contributed by atoms with Crippen molar-refractivity contribution in [3.8, 4) is 0 Å². The molecule has 0 unspecified atom stereocenters. The zero-order valence-electron chi connectivity index (χ0n) is 15.9. The minimum atomic E-state index is -0.640. The molecule has 2 aromatic rings. The van der Waals surface area contributed by atoms with Crippen molar-refractivity contribution < 1.29 is 14.7 Å². The molecule has 5 nitrogen and oxygen atoms in total. The maximum Gasteiger partial charge on any atom is 0.295 e. The Morgan fingerprint density at radius 2 is 1.71 bits per heavy atom. The van der Waals surface area contributed by atoms with Gasteiger partial charge in [0.15, 0.2) is 0 Å². The SMILES string of the molecule is CN(C)CCCN1C(=O)C(=O)C(=C(O)c2ccc(Br)cc2)[C@@H]1c1ccccc1. The fourth-order valence-electron chi connectivity index (χ4n) is 3.41. The molecule has 1 fully saturated rings. The molecular formula is C22H23BrN2O3. The lowest BCUT2D eigenvalue weighted by Crippen LogP contribution is -2.32. The lowest BCUT2D eigenvalue weighted by atomic mass is 9.95. The standard InChI is InChI=1S/C22H23BrN2O3/c1-24(2)13-6-14-25-19(15-7-4-3-5-8-15)18(21(27)22(25)28)20(26)16-9-11-17(23)12-10-16/h3-5,7-12,19,26H,6,13-14H2,1-2H3/t19-/m0/s1. The summed E-state index contributed by atoms with van der Waals surface area (Å²) in [5, 5.41) is 10.9. The highest BCUT2D eigenvalue weighted by atomic mass is 79.9. The highest BCUT2D eigenvalue weighted by molar-refractivity contribution is 9.10. The number of nitrogens with zero attached hydrogens (tertiary/aromatic N) is 2. The number of ketones is 1. The molecule has 1 N–H and O–H groups in total. The first-order valence-electron chi connectivity index (χ1n) is 9.14. The molecule has 0 aromatic heterocycles. The molecule has 1 saturated heterocycles. The highest BCUT2D eigenvalue weighted by Gasteiger charge is 2.45. The van der Waals surface area contributed by atoms with Crippen LogP contribution in [0.2, 0.25) is 0 Å². The Morgan fingerprint density at radius 3 is 2.32 bits per heavy atom. The van der Waals surface area contributed by atoms with E-state index >= 15 is 0 Å². The predicted molar refractivity (Wildman–Crippen MR) is 113 cm³/mol. The molecule has 1 aliphatic heterocycles. The van der Waals surface area contributed by atoms with E-state index in [0.717, 1.165) is 23.0 Å². The second-order valence-corrected chi connectivity index (χ2v) is 7.98. The number of halogens is 1. The Hall–Kier alpha value is -2.44.